The molecule has 0 saturated carbocycles. The minimum Gasteiger partial charge on any atom is -0.385 e. The summed E-state index contributed by atoms with van der Waals surface area (Å²) in [4.78, 5) is 38.4. The van der Waals surface area contributed by atoms with Crippen molar-refractivity contribution in [2.45, 2.75) is 32.2 Å². The first-order chi connectivity index (χ1) is 17.2. The molecule has 35 heavy (non-hydrogen) atoms. The van der Waals surface area contributed by atoms with E-state index in [1.807, 2.05) is 20.7 Å². The highest BCUT2D eigenvalue weighted by molar-refractivity contribution is 7.17. The quantitative estimate of drug-likeness (QED) is 0.321. The number of hydrogen-bond donors (Lipinski definition) is 0. The van der Waals surface area contributed by atoms with Crippen LogP contribution in [0.2, 0.25) is 0 Å². The fourth-order valence-corrected chi connectivity index (χ4v) is 5.30. The van der Waals surface area contributed by atoms with Crippen LogP contribution in [-0.2, 0) is 22.5 Å². The van der Waals surface area contributed by atoms with Gasteiger partial charge in [-0.05, 0) is 30.4 Å². The minimum atomic E-state index is -0.0484. The molecule has 4 aromatic heterocycles. The van der Waals surface area contributed by atoms with Crippen molar-refractivity contribution >= 4 is 39.2 Å². The van der Waals surface area contributed by atoms with E-state index in [-0.39, 0.29) is 11.5 Å². The maximum absolute atomic E-state index is 13.0. The molecule has 1 aliphatic heterocycles. The number of piperazine rings is 1. The SMILES string of the molecule is COCCCn1c(=O)c2sccc2n2c(CCCC(=O)N3CCN(c4ncccn4)CC3)nnc12. The van der Waals surface area contributed by atoms with E-state index in [1.54, 1.807) is 30.1 Å². The van der Waals surface area contributed by atoms with E-state index in [2.05, 4.69) is 25.1 Å². The molecular formula is C23H28N8O3S. The Kier molecular flexibility index (Phi) is 7.00. The van der Waals surface area contributed by atoms with E-state index in [0.29, 0.717) is 68.4 Å². The molecule has 0 spiro atoms. The van der Waals surface area contributed by atoms with Gasteiger partial charge < -0.3 is 14.5 Å². The average Bonchev–Trinajstić information content (AvgIpc) is 3.54. The van der Waals surface area contributed by atoms with Gasteiger partial charge in [0, 0.05) is 71.7 Å². The van der Waals surface area contributed by atoms with Crippen molar-refractivity contribution in [3.63, 3.8) is 0 Å². The minimum absolute atomic E-state index is 0.0484. The predicted molar refractivity (Wildman–Crippen MR) is 133 cm³/mol. The molecule has 1 aliphatic rings. The monoisotopic (exact) mass is 496 g/mol. The first kappa shape index (κ1) is 23.4. The lowest BCUT2D eigenvalue weighted by Gasteiger charge is -2.34. The smallest absolute Gasteiger partial charge is 0.272 e. The molecule has 11 nitrogen and oxygen atoms in total. The fraction of sp³-hybridized carbons (Fsp3) is 0.478. The number of aryl methyl sites for hydroxylation is 2. The molecule has 5 rings (SSSR count). The van der Waals surface area contributed by atoms with E-state index >= 15 is 0 Å². The summed E-state index contributed by atoms with van der Waals surface area (Å²) in [6.07, 6.45) is 5.88. The summed E-state index contributed by atoms with van der Waals surface area (Å²) in [6.45, 7) is 3.85. The van der Waals surface area contributed by atoms with Gasteiger partial charge in [-0.15, -0.1) is 21.5 Å². The number of carbonyl (C=O) groups is 1. The van der Waals surface area contributed by atoms with Crippen molar-refractivity contribution in [3.05, 3.63) is 46.1 Å². The first-order valence-electron chi connectivity index (χ1n) is 11.8. The summed E-state index contributed by atoms with van der Waals surface area (Å²) in [5, 5.41) is 10.6. The zero-order valence-electron chi connectivity index (χ0n) is 19.7. The van der Waals surface area contributed by atoms with Crippen molar-refractivity contribution in [1.82, 2.24) is 34.0 Å². The molecular weight excluding hydrogens is 468 g/mol. The molecule has 184 valence electrons. The van der Waals surface area contributed by atoms with Crippen LogP contribution in [0.3, 0.4) is 0 Å². The zero-order valence-corrected chi connectivity index (χ0v) is 20.5. The van der Waals surface area contributed by atoms with Gasteiger partial charge in [-0.3, -0.25) is 18.6 Å². The van der Waals surface area contributed by atoms with Crippen LogP contribution < -0.4 is 10.5 Å². The second-order valence-corrected chi connectivity index (χ2v) is 9.38. The summed E-state index contributed by atoms with van der Waals surface area (Å²) in [5.41, 5.74) is 0.774. The summed E-state index contributed by atoms with van der Waals surface area (Å²) in [6, 6.07) is 3.73. The standard InChI is InChI=1S/C23H28N8O3S/c1-34-15-4-10-30-21(33)20-17(7-16-35-20)31-18(26-27-23(30)31)5-2-6-19(32)28-11-13-29(14-12-28)22-24-8-3-9-25-22/h3,7-9,16H,2,4-6,10-15H2,1H3. The molecule has 0 aliphatic carbocycles. The first-order valence-corrected chi connectivity index (χ1v) is 12.7. The van der Waals surface area contributed by atoms with Crippen LogP contribution in [0.25, 0.3) is 16.0 Å². The van der Waals surface area contributed by atoms with Crippen LogP contribution in [-0.4, -0.2) is 79.8 Å². The van der Waals surface area contributed by atoms with E-state index in [9.17, 15) is 9.59 Å². The third kappa shape index (κ3) is 4.76. The molecule has 0 atom stereocenters. The number of amides is 1. The molecule has 0 radical (unpaired) electrons. The van der Waals surface area contributed by atoms with Crippen molar-refractivity contribution in [2.24, 2.45) is 0 Å². The Hall–Kier alpha value is -3.38. The Bertz CT molecular complexity index is 1360. The van der Waals surface area contributed by atoms with E-state index < -0.39 is 0 Å². The zero-order chi connectivity index (χ0) is 24.2. The molecule has 5 heterocycles. The van der Waals surface area contributed by atoms with Gasteiger partial charge in [-0.1, -0.05) is 0 Å². The van der Waals surface area contributed by atoms with Gasteiger partial charge in [0.05, 0.1) is 5.52 Å². The number of thiophene rings is 1. The maximum atomic E-state index is 13.0. The number of nitrogens with zero attached hydrogens (tertiary/aromatic N) is 8. The highest BCUT2D eigenvalue weighted by Gasteiger charge is 2.23. The topological polar surface area (TPSA) is 111 Å². The third-order valence-corrected chi connectivity index (χ3v) is 7.16. The molecule has 12 heteroatoms. The van der Waals surface area contributed by atoms with Gasteiger partial charge in [0.1, 0.15) is 10.5 Å². The number of fused-ring (bicyclic) bond motifs is 3. The van der Waals surface area contributed by atoms with Crippen molar-refractivity contribution in [3.8, 4) is 0 Å². The Labute approximate surface area is 206 Å². The molecule has 1 amide bonds. The van der Waals surface area contributed by atoms with Crippen LogP contribution in [0.15, 0.2) is 34.7 Å². The largest absolute Gasteiger partial charge is 0.385 e. The Balaban J connectivity index is 1.24. The summed E-state index contributed by atoms with van der Waals surface area (Å²) in [7, 11) is 1.65. The van der Waals surface area contributed by atoms with Crippen LogP contribution in [0.1, 0.15) is 25.1 Å². The van der Waals surface area contributed by atoms with E-state index in [4.69, 9.17) is 4.74 Å². The summed E-state index contributed by atoms with van der Waals surface area (Å²) in [5.74, 6) is 2.16. The number of rotatable bonds is 9. The Morgan fingerprint density at radius 1 is 1.11 bits per heavy atom. The van der Waals surface area contributed by atoms with E-state index in [1.165, 1.54) is 11.3 Å². The Morgan fingerprint density at radius 2 is 1.91 bits per heavy atom. The number of carbonyl (C=O) groups excluding carboxylic acids is 1. The number of ether oxygens (including phenoxy) is 1. The summed E-state index contributed by atoms with van der Waals surface area (Å²) < 4.78 is 9.47. The predicted octanol–water partition coefficient (Wildman–Crippen LogP) is 1.60. The van der Waals surface area contributed by atoms with Gasteiger partial charge in [0.15, 0.2) is 0 Å². The number of methoxy groups -OCH3 is 1. The van der Waals surface area contributed by atoms with Gasteiger partial charge in [0.25, 0.3) is 5.56 Å². The second kappa shape index (κ2) is 10.5. The Morgan fingerprint density at radius 3 is 2.69 bits per heavy atom. The lowest BCUT2D eigenvalue weighted by Crippen LogP contribution is -2.49. The maximum Gasteiger partial charge on any atom is 0.272 e. The molecule has 1 fully saturated rings. The normalized spacial score (nSPS) is 14.3. The molecule has 0 bridgehead atoms. The number of hydrogen-bond acceptors (Lipinski definition) is 9. The van der Waals surface area contributed by atoms with Crippen LogP contribution in [0, 0.1) is 0 Å². The molecule has 1 saturated heterocycles. The molecule has 0 aromatic carbocycles. The number of anilines is 1. The average molecular weight is 497 g/mol. The third-order valence-electron chi connectivity index (χ3n) is 6.27. The van der Waals surface area contributed by atoms with Gasteiger partial charge in [0.2, 0.25) is 17.6 Å². The van der Waals surface area contributed by atoms with Crippen LogP contribution >= 0.6 is 11.3 Å². The van der Waals surface area contributed by atoms with Crippen LogP contribution in [0.4, 0.5) is 5.95 Å². The lowest BCUT2D eigenvalue weighted by atomic mass is 10.2. The molecule has 4 aromatic rings. The van der Waals surface area contributed by atoms with Crippen molar-refractivity contribution < 1.29 is 9.53 Å². The fourth-order valence-electron chi connectivity index (χ4n) is 4.48. The van der Waals surface area contributed by atoms with E-state index in [0.717, 1.165) is 24.4 Å². The summed E-state index contributed by atoms with van der Waals surface area (Å²) >= 11 is 1.43. The molecule has 0 unspecified atom stereocenters. The van der Waals surface area contributed by atoms with Crippen molar-refractivity contribution in [2.75, 3.05) is 44.8 Å². The highest BCUT2D eigenvalue weighted by atomic mass is 32.1. The van der Waals surface area contributed by atoms with Crippen molar-refractivity contribution in [1.29, 1.82) is 0 Å². The van der Waals surface area contributed by atoms with Gasteiger partial charge in [-0.25, -0.2) is 9.97 Å². The van der Waals surface area contributed by atoms with Gasteiger partial charge >= 0.3 is 0 Å². The number of aromatic nitrogens is 6. The second-order valence-electron chi connectivity index (χ2n) is 8.46. The lowest BCUT2D eigenvalue weighted by molar-refractivity contribution is -0.131. The molecule has 0 N–H and O–H groups in total. The highest BCUT2D eigenvalue weighted by Crippen LogP contribution is 2.21. The van der Waals surface area contributed by atoms with Gasteiger partial charge in [-0.2, -0.15) is 0 Å². The van der Waals surface area contributed by atoms with Crippen LogP contribution in [0.5, 0.6) is 0 Å².